The maximum atomic E-state index is 11.9. The van der Waals surface area contributed by atoms with Crippen LogP contribution in [0.2, 0.25) is 0 Å². The first-order chi connectivity index (χ1) is 7.45. The first kappa shape index (κ1) is 13.9. The highest BCUT2D eigenvalue weighted by Crippen LogP contribution is 2.21. The van der Waals surface area contributed by atoms with Gasteiger partial charge in [0.15, 0.2) is 0 Å². The lowest BCUT2D eigenvalue weighted by atomic mass is 9.97. The van der Waals surface area contributed by atoms with E-state index < -0.39 is 10.2 Å². The Balaban J connectivity index is 2.59. The Labute approximate surface area is 98.0 Å². The van der Waals surface area contributed by atoms with Gasteiger partial charge in [-0.15, -0.1) is 0 Å². The fraction of sp³-hybridized carbons (Fsp3) is 1.00. The topological polar surface area (TPSA) is 69.6 Å². The molecule has 0 aliphatic carbocycles. The summed E-state index contributed by atoms with van der Waals surface area (Å²) >= 11 is 0. The number of nitrogens with zero attached hydrogens (tertiary/aromatic N) is 1. The zero-order chi connectivity index (χ0) is 12.2. The monoisotopic (exact) mass is 250 g/mol. The van der Waals surface area contributed by atoms with Gasteiger partial charge in [-0.05, 0) is 39.0 Å². The zero-order valence-electron chi connectivity index (χ0n) is 10.0. The molecule has 5 nitrogen and oxygen atoms in total. The van der Waals surface area contributed by atoms with Crippen LogP contribution in [0.4, 0.5) is 0 Å². The maximum absolute atomic E-state index is 11.9. The average molecular weight is 250 g/mol. The second-order valence-corrected chi connectivity index (χ2v) is 6.36. The molecule has 1 rings (SSSR count). The number of nitrogens with one attached hydrogen (secondary N) is 1. The molecule has 0 radical (unpaired) electrons. The van der Waals surface area contributed by atoms with Gasteiger partial charge >= 0.3 is 0 Å². The van der Waals surface area contributed by atoms with Crippen LogP contribution in [-0.2, 0) is 10.2 Å². The summed E-state index contributed by atoms with van der Waals surface area (Å²) in [6, 6.07) is -0.0804. The maximum Gasteiger partial charge on any atom is 0.279 e. The van der Waals surface area contributed by atoms with E-state index in [0.717, 1.165) is 12.8 Å². The minimum Gasteiger partial charge on any atom is -0.396 e. The van der Waals surface area contributed by atoms with E-state index in [0.29, 0.717) is 25.4 Å². The molecule has 6 heteroatoms. The Morgan fingerprint density at radius 1 is 1.50 bits per heavy atom. The van der Waals surface area contributed by atoms with Crippen LogP contribution < -0.4 is 4.72 Å². The smallest absolute Gasteiger partial charge is 0.279 e. The Bertz CT molecular complexity index is 301. The summed E-state index contributed by atoms with van der Waals surface area (Å²) in [4.78, 5) is 0. The molecule has 1 aliphatic rings. The van der Waals surface area contributed by atoms with E-state index in [2.05, 4.69) is 4.72 Å². The van der Waals surface area contributed by atoms with Gasteiger partial charge in [-0.1, -0.05) is 0 Å². The Hall–Kier alpha value is -0.170. The Morgan fingerprint density at radius 2 is 2.19 bits per heavy atom. The predicted octanol–water partition coefficient (Wildman–Crippen LogP) is 0.324. The van der Waals surface area contributed by atoms with Gasteiger partial charge in [0.05, 0.1) is 0 Å². The first-order valence-corrected chi connectivity index (χ1v) is 7.28. The van der Waals surface area contributed by atoms with Crippen molar-refractivity contribution < 1.29 is 13.5 Å². The molecule has 1 unspecified atom stereocenters. The average Bonchev–Trinajstić information content (AvgIpc) is 2.16. The molecule has 1 atom stereocenters. The van der Waals surface area contributed by atoms with Crippen molar-refractivity contribution in [3.8, 4) is 0 Å². The van der Waals surface area contributed by atoms with E-state index in [4.69, 9.17) is 5.11 Å². The number of rotatable bonds is 5. The number of hydrogen-bond donors (Lipinski definition) is 2. The van der Waals surface area contributed by atoms with E-state index >= 15 is 0 Å². The van der Waals surface area contributed by atoms with Crippen molar-refractivity contribution in [1.82, 2.24) is 9.03 Å². The quantitative estimate of drug-likeness (QED) is 0.738. The molecule has 1 saturated heterocycles. The Kier molecular flexibility index (Phi) is 5.17. The van der Waals surface area contributed by atoms with E-state index in [9.17, 15) is 8.42 Å². The summed E-state index contributed by atoms with van der Waals surface area (Å²) in [6.45, 7) is 4.88. The fourth-order valence-corrected chi connectivity index (χ4v) is 3.56. The van der Waals surface area contributed by atoms with Gasteiger partial charge < -0.3 is 5.11 Å². The van der Waals surface area contributed by atoms with Gasteiger partial charge in [0, 0.05) is 25.7 Å². The third-order valence-corrected chi connectivity index (χ3v) is 4.52. The van der Waals surface area contributed by atoms with Crippen LogP contribution in [0.1, 0.15) is 33.1 Å². The normalized spacial score (nSPS) is 23.9. The van der Waals surface area contributed by atoms with E-state index in [1.54, 1.807) is 0 Å². The lowest BCUT2D eigenvalue weighted by Gasteiger charge is -2.32. The summed E-state index contributed by atoms with van der Waals surface area (Å²) in [6.07, 6.45) is 2.58. The third-order valence-electron chi connectivity index (χ3n) is 2.74. The third kappa shape index (κ3) is 4.01. The molecule has 0 spiro atoms. The lowest BCUT2D eigenvalue weighted by Crippen LogP contribution is -2.47. The van der Waals surface area contributed by atoms with Gasteiger partial charge in [0.2, 0.25) is 0 Å². The van der Waals surface area contributed by atoms with Crippen LogP contribution in [0.3, 0.4) is 0 Å². The van der Waals surface area contributed by atoms with E-state index in [1.807, 2.05) is 13.8 Å². The van der Waals surface area contributed by atoms with Crippen molar-refractivity contribution in [2.45, 2.75) is 39.2 Å². The molecule has 0 aromatic rings. The van der Waals surface area contributed by atoms with E-state index in [-0.39, 0.29) is 12.6 Å². The van der Waals surface area contributed by atoms with Crippen molar-refractivity contribution in [3.05, 3.63) is 0 Å². The van der Waals surface area contributed by atoms with Crippen molar-refractivity contribution in [1.29, 1.82) is 0 Å². The van der Waals surface area contributed by atoms with E-state index in [1.165, 1.54) is 4.31 Å². The second kappa shape index (κ2) is 5.95. The van der Waals surface area contributed by atoms with Gasteiger partial charge in [-0.2, -0.15) is 17.4 Å². The molecular formula is C10H22N2O3S. The molecule has 16 heavy (non-hydrogen) atoms. The molecule has 1 heterocycles. The summed E-state index contributed by atoms with van der Waals surface area (Å²) in [5, 5.41) is 8.87. The SMILES string of the molecule is CC(C)NS(=O)(=O)N1CCCC(CCO)C1. The standard InChI is InChI=1S/C10H22N2O3S/c1-9(2)11-16(14,15)12-6-3-4-10(8-12)5-7-13/h9-11,13H,3-8H2,1-2H3. The minimum atomic E-state index is -3.33. The zero-order valence-corrected chi connectivity index (χ0v) is 10.8. The molecule has 0 aromatic carbocycles. The first-order valence-electron chi connectivity index (χ1n) is 5.84. The van der Waals surface area contributed by atoms with Gasteiger partial charge in [0.25, 0.3) is 10.2 Å². The van der Waals surface area contributed by atoms with Crippen LogP contribution in [0, 0.1) is 5.92 Å². The Morgan fingerprint density at radius 3 is 2.75 bits per heavy atom. The molecular weight excluding hydrogens is 228 g/mol. The van der Waals surface area contributed by atoms with Gasteiger partial charge in [-0.3, -0.25) is 0 Å². The summed E-state index contributed by atoms with van der Waals surface area (Å²) in [7, 11) is -3.33. The van der Waals surface area contributed by atoms with Crippen molar-refractivity contribution >= 4 is 10.2 Å². The molecule has 0 aromatic heterocycles. The summed E-state index contributed by atoms with van der Waals surface area (Å²) in [5.74, 6) is 0.294. The minimum absolute atomic E-state index is 0.0804. The van der Waals surface area contributed by atoms with Gasteiger partial charge in [0.1, 0.15) is 0 Å². The highest BCUT2D eigenvalue weighted by Gasteiger charge is 2.28. The molecule has 2 N–H and O–H groups in total. The second-order valence-electron chi connectivity index (χ2n) is 4.66. The summed E-state index contributed by atoms with van der Waals surface area (Å²) in [5.41, 5.74) is 0. The molecule has 1 fully saturated rings. The molecule has 0 amide bonds. The number of piperidine rings is 1. The molecule has 0 saturated carbocycles. The van der Waals surface area contributed by atoms with Crippen LogP contribution in [-0.4, -0.2) is 43.6 Å². The number of aliphatic hydroxyl groups is 1. The van der Waals surface area contributed by atoms with Crippen LogP contribution in [0.25, 0.3) is 0 Å². The lowest BCUT2D eigenvalue weighted by molar-refractivity contribution is 0.201. The predicted molar refractivity (Wildman–Crippen MR) is 63.2 cm³/mol. The van der Waals surface area contributed by atoms with Crippen LogP contribution in [0.5, 0.6) is 0 Å². The van der Waals surface area contributed by atoms with Crippen molar-refractivity contribution in [3.63, 3.8) is 0 Å². The van der Waals surface area contributed by atoms with Gasteiger partial charge in [-0.25, -0.2) is 0 Å². The molecule has 96 valence electrons. The largest absolute Gasteiger partial charge is 0.396 e. The van der Waals surface area contributed by atoms with Crippen molar-refractivity contribution in [2.75, 3.05) is 19.7 Å². The summed E-state index contributed by atoms with van der Waals surface area (Å²) < 4.78 is 27.9. The van der Waals surface area contributed by atoms with Crippen molar-refractivity contribution in [2.24, 2.45) is 5.92 Å². The van der Waals surface area contributed by atoms with Crippen LogP contribution >= 0.6 is 0 Å². The highest BCUT2D eigenvalue weighted by atomic mass is 32.2. The number of hydrogen-bond acceptors (Lipinski definition) is 3. The number of aliphatic hydroxyl groups excluding tert-OH is 1. The highest BCUT2D eigenvalue weighted by molar-refractivity contribution is 7.87. The molecule has 1 aliphatic heterocycles. The van der Waals surface area contributed by atoms with Crippen LogP contribution in [0.15, 0.2) is 0 Å². The fourth-order valence-electron chi connectivity index (χ4n) is 2.04. The molecule has 0 bridgehead atoms.